The van der Waals surface area contributed by atoms with Crippen molar-refractivity contribution in [2.24, 2.45) is 5.10 Å². The van der Waals surface area contributed by atoms with Crippen LogP contribution in [0, 0.1) is 3.57 Å². The number of nitrogens with one attached hydrogen (secondary N) is 1. The zero-order valence-corrected chi connectivity index (χ0v) is 12.8. The van der Waals surface area contributed by atoms with Gasteiger partial charge in [0, 0.05) is 9.13 Å². The first-order valence-corrected chi connectivity index (χ1v) is 7.01. The predicted molar refractivity (Wildman–Crippen MR) is 86.6 cm³/mol. The highest BCUT2D eigenvalue weighted by Crippen LogP contribution is 2.16. The number of para-hydroxylation sites is 1. The number of methoxy groups -OCH3 is 1. The van der Waals surface area contributed by atoms with Gasteiger partial charge in [-0.25, -0.2) is 0 Å². The maximum atomic E-state index is 5.28. The molecule has 19 heavy (non-hydrogen) atoms. The molecule has 0 saturated heterocycles. The highest BCUT2D eigenvalue weighted by molar-refractivity contribution is 14.1. The average molecular weight is 366 g/mol. The molecule has 98 valence electrons. The second-order valence-corrected chi connectivity index (χ2v) is 5.20. The monoisotopic (exact) mass is 366 g/mol. The molecule has 0 radical (unpaired) electrons. The van der Waals surface area contributed by atoms with E-state index in [1.54, 1.807) is 7.11 Å². The molecule has 0 saturated carbocycles. The first kappa shape index (κ1) is 13.9. The Morgan fingerprint density at radius 3 is 2.63 bits per heavy atom. The summed E-state index contributed by atoms with van der Waals surface area (Å²) in [6, 6.07) is 16.1. The van der Waals surface area contributed by atoms with E-state index in [-0.39, 0.29) is 0 Å². The van der Waals surface area contributed by atoms with E-state index in [1.165, 1.54) is 3.57 Å². The SMILES string of the molecule is COc1ccccc1CN/N=C\c1ccc(I)cc1. The van der Waals surface area contributed by atoms with Gasteiger partial charge in [-0.3, -0.25) is 0 Å². The Balaban J connectivity index is 1.91. The van der Waals surface area contributed by atoms with E-state index in [0.717, 1.165) is 16.9 Å². The third kappa shape index (κ3) is 4.24. The average Bonchev–Trinajstić information content (AvgIpc) is 2.46. The number of rotatable bonds is 5. The summed E-state index contributed by atoms with van der Waals surface area (Å²) in [6.45, 7) is 0.644. The summed E-state index contributed by atoms with van der Waals surface area (Å²) in [5.41, 5.74) is 5.19. The molecule has 0 aromatic heterocycles. The van der Waals surface area contributed by atoms with Crippen molar-refractivity contribution in [2.75, 3.05) is 7.11 Å². The second kappa shape index (κ2) is 7.13. The summed E-state index contributed by atoms with van der Waals surface area (Å²) < 4.78 is 6.50. The number of benzene rings is 2. The van der Waals surface area contributed by atoms with Gasteiger partial charge < -0.3 is 10.2 Å². The van der Waals surface area contributed by atoms with Gasteiger partial charge in [-0.15, -0.1) is 0 Å². The molecule has 0 aliphatic heterocycles. The fraction of sp³-hybridized carbons (Fsp3) is 0.133. The van der Waals surface area contributed by atoms with Gasteiger partial charge in [0.15, 0.2) is 0 Å². The predicted octanol–water partition coefficient (Wildman–Crippen LogP) is 3.42. The molecular weight excluding hydrogens is 351 g/mol. The fourth-order valence-corrected chi connectivity index (χ4v) is 2.01. The first-order chi connectivity index (χ1) is 9.29. The van der Waals surface area contributed by atoms with Crippen LogP contribution in [-0.4, -0.2) is 13.3 Å². The van der Waals surface area contributed by atoms with Gasteiger partial charge in [0.1, 0.15) is 5.75 Å². The van der Waals surface area contributed by atoms with Gasteiger partial charge in [0.25, 0.3) is 0 Å². The minimum atomic E-state index is 0.644. The number of hydrogen-bond donors (Lipinski definition) is 1. The van der Waals surface area contributed by atoms with Gasteiger partial charge in [-0.05, 0) is 46.4 Å². The Morgan fingerprint density at radius 2 is 1.89 bits per heavy atom. The van der Waals surface area contributed by atoms with Gasteiger partial charge in [0.05, 0.1) is 19.9 Å². The molecule has 0 amide bonds. The zero-order valence-electron chi connectivity index (χ0n) is 10.6. The first-order valence-electron chi connectivity index (χ1n) is 5.93. The van der Waals surface area contributed by atoms with Crippen molar-refractivity contribution >= 4 is 28.8 Å². The number of nitrogens with zero attached hydrogens (tertiary/aromatic N) is 1. The minimum absolute atomic E-state index is 0.644. The van der Waals surface area contributed by atoms with Crippen molar-refractivity contribution in [1.29, 1.82) is 0 Å². The summed E-state index contributed by atoms with van der Waals surface area (Å²) in [5, 5.41) is 4.21. The molecule has 2 aromatic rings. The van der Waals surface area contributed by atoms with E-state index in [2.05, 4.69) is 45.3 Å². The summed E-state index contributed by atoms with van der Waals surface area (Å²) in [4.78, 5) is 0. The molecule has 0 fully saturated rings. The molecule has 1 N–H and O–H groups in total. The summed E-state index contributed by atoms with van der Waals surface area (Å²) >= 11 is 2.28. The van der Waals surface area contributed by atoms with Crippen molar-refractivity contribution in [3.8, 4) is 5.75 Å². The van der Waals surface area contributed by atoms with Gasteiger partial charge in [-0.2, -0.15) is 5.10 Å². The molecule has 0 bridgehead atoms. The fourth-order valence-electron chi connectivity index (χ4n) is 1.65. The maximum Gasteiger partial charge on any atom is 0.123 e. The standard InChI is InChI=1S/C15H15IN2O/c1-19-15-5-3-2-4-13(15)11-18-17-10-12-6-8-14(16)9-7-12/h2-10,18H,11H2,1H3/b17-10-. The zero-order chi connectivity index (χ0) is 13.5. The number of hydrazone groups is 1. The van der Waals surface area contributed by atoms with Crippen LogP contribution in [0.2, 0.25) is 0 Å². The van der Waals surface area contributed by atoms with Crippen molar-refractivity contribution in [1.82, 2.24) is 5.43 Å². The normalized spacial score (nSPS) is 10.6. The Hall–Kier alpha value is -1.56. The van der Waals surface area contributed by atoms with Crippen molar-refractivity contribution < 1.29 is 4.74 Å². The quantitative estimate of drug-likeness (QED) is 0.500. The van der Waals surface area contributed by atoms with Gasteiger partial charge >= 0.3 is 0 Å². The van der Waals surface area contributed by atoms with E-state index >= 15 is 0 Å². The lowest BCUT2D eigenvalue weighted by atomic mass is 10.2. The molecule has 2 aromatic carbocycles. The highest BCUT2D eigenvalue weighted by atomic mass is 127. The topological polar surface area (TPSA) is 33.6 Å². The third-order valence-electron chi connectivity index (χ3n) is 2.64. The van der Waals surface area contributed by atoms with Gasteiger partial charge in [-0.1, -0.05) is 30.3 Å². The second-order valence-electron chi connectivity index (χ2n) is 3.96. The van der Waals surface area contributed by atoms with Crippen LogP contribution in [0.1, 0.15) is 11.1 Å². The van der Waals surface area contributed by atoms with E-state index in [4.69, 9.17) is 4.74 Å². The molecule has 0 aliphatic carbocycles. The molecule has 4 heteroatoms. The van der Waals surface area contributed by atoms with Crippen molar-refractivity contribution in [3.05, 3.63) is 63.2 Å². The van der Waals surface area contributed by atoms with Crippen LogP contribution in [0.25, 0.3) is 0 Å². The lowest BCUT2D eigenvalue weighted by Gasteiger charge is -2.07. The Kier molecular flexibility index (Phi) is 5.20. The van der Waals surface area contributed by atoms with E-state index in [1.807, 2.05) is 42.6 Å². The molecule has 0 atom stereocenters. The molecular formula is C15H15IN2O. The number of hydrogen-bond acceptors (Lipinski definition) is 3. The van der Waals surface area contributed by atoms with Crippen LogP contribution in [0.15, 0.2) is 53.6 Å². The molecule has 0 spiro atoms. The minimum Gasteiger partial charge on any atom is -0.496 e. The number of halogens is 1. The lowest BCUT2D eigenvalue weighted by molar-refractivity contribution is 0.408. The number of ether oxygens (including phenoxy) is 1. The lowest BCUT2D eigenvalue weighted by Crippen LogP contribution is -2.06. The van der Waals surface area contributed by atoms with Crippen LogP contribution in [0.4, 0.5) is 0 Å². The van der Waals surface area contributed by atoms with Crippen LogP contribution in [0.3, 0.4) is 0 Å². The molecule has 3 nitrogen and oxygen atoms in total. The van der Waals surface area contributed by atoms with Crippen LogP contribution >= 0.6 is 22.6 Å². The summed E-state index contributed by atoms with van der Waals surface area (Å²) in [7, 11) is 1.67. The largest absolute Gasteiger partial charge is 0.496 e. The molecule has 0 unspecified atom stereocenters. The third-order valence-corrected chi connectivity index (χ3v) is 3.36. The van der Waals surface area contributed by atoms with Crippen LogP contribution < -0.4 is 10.2 Å². The Labute approximate surface area is 126 Å². The van der Waals surface area contributed by atoms with Crippen molar-refractivity contribution in [3.63, 3.8) is 0 Å². The van der Waals surface area contributed by atoms with E-state index in [9.17, 15) is 0 Å². The smallest absolute Gasteiger partial charge is 0.123 e. The molecule has 0 heterocycles. The van der Waals surface area contributed by atoms with Crippen LogP contribution in [0.5, 0.6) is 5.75 Å². The van der Waals surface area contributed by atoms with Crippen LogP contribution in [-0.2, 0) is 6.54 Å². The van der Waals surface area contributed by atoms with Crippen molar-refractivity contribution in [2.45, 2.75) is 6.54 Å². The molecule has 0 aliphatic rings. The summed E-state index contributed by atoms with van der Waals surface area (Å²) in [5.74, 6) is 0.875. The maximum absolute atomic E-state index is 5.28. The molecule has 2 rings (SSSR count). The Morgan fingerprint density at radius 1 is 1.16 bits per heavy atom. The van der Waals surface area contributed by atoms with E-state index < -0.39 is 0 Å². The van der Waals surface area contributed by atoms with E-state index in [0.29, 0.717) is 6.54 Å². The highest BCUT2D eigenvalue weighted by Gasteiger charge is 1.99. The Bertz CT molecular complexity index is 552. The summed E-state index contributed by atoms with van der Waals surface area (Å²) in [6.07, 6.45) is 1.81. The van der Waals surface area contributed by atoms with Gasteiger partial charge in [0.2, 0.25) is 0 Å².